The first kappa shape index (κ1) is 21.8. The highest BCUT2D eigenvalue weighted by Crippen LogP contribution is 2.31. The Balaban J connectivity index is 1.44. The zero-order valence-corrected chi connectivity index (χ0v) is 19.3. The second kappa shape index (κ2) is 8.73. The summed E-state index contributed by atoms with van der Waals surface area (Å²) in [5.74, 6) is -0.213. The van der Waals surface area contributed by atoms with Gasteiger partial charge in [-0.2, -0.15) is 0 Å². The van der Waals surface area contributed by atoms with Crippen molar-refractivity contribution < 1.29 is 17.2 Å². The molecule has 1 aliphatic heterocycles. The Morgan fingerprint density at radius 2 is 1.94 bits per heavy atom. The van der Waals surface area contributed by atoms with Crippen molar-refractivity contribution in [3.63, 3.8) is 0 Å². The number of thiophene rings is 1. The van der Waals surface area contributed by atoms with Crippen LogP contribution < -0.4 is 5.32 Å². The van der Waals surface area contributed by atoms with Crippen LogP contribution in [0.1, 0.15) is 18.5 Å². The number of piperidine rings is 1. The molecule has 1 atom stereocenters. The van der Waals surface area contributed by atoms with Gasteiger partial charge in [-0.05, 0) is 49.9 Å². The third kappa shape index (κ3) is 4.19. The van der Waals surface area contributed by atoms with Crippen LogP contribution >= 0.6 is 11.3 Å². The molecular formula is C22H20FN5O3S2. The predicted octanol–water partition coefficient (Wildman–Crippen LogP) is 3.90. The maximum absolute atomic E-state index is 13.9. The molecule has 0 radical (unpaired) electrons. The third-order valence-corrected chi connectivity index (χ3v) is 8.65. The number of nitrogens with zero attached hydrogens (tertiary/aromatic N) is 4. The molecule has 1 fully saturated rings. The lowest BCUT2D eigenvalue weighted by atomic mass is 10.1. The summed E-state index contributed by atoms with van der Waals surface area (Å²) >= 11 is 1.17. The van der Waals surface area contributed by atoms with E-state index in [1.807, 2.05) is 0 Å². The summed E-state index contributed by atoms with van der Waals surface area (Å²) in [7, 11) is -3.40. The van der Waals surface area contributed by atoms with Crippen LogP contribution in [-0.2, 0) is 9.84 Å². The highest BCUT2D eigenvalue weighted by molar-refractivity contribution is 7.92. The molecule has 0 saturated carbocycles. The molecule has 0 aliphatic carbocycles. The molecule has 1 N–H and O–H groups in total. The van der Waals surface area contributed by atoms with E-state index in [-0.39, 0.29) is 16.7 Å². The van der Waals surface area contributed by atoms with E-state index >= 15 is 0 Å². The highest BCUT2D eigenvalue weighted by atomic mass is 32.2. The minimum absolute atomic E-state index is 0.0795. The summed E-state index contributed by atoms with van der Waals surface area (Å²) in [6, 6.07) is 7.97. The van der Waals surface area contributed by atoms with Crippen LogP contribution in [0.2, 0.25) is 0 Å². The van der Waals surface area contributed by atoms with E-state index in [4.69, 9.17) is 4.42 Å². The lowest BCUT2D eigenvalue weighted by molar-refractivity contribution is 0.497. The van der Waals surface area contributed by atoms with Crippen LogP contribution in [0.25, 0.3) is 33.6 Å². The van der Waals surface area contributed by atoms with Crippen molar-refractivity contribution in [1.82, 2.24) is 25.5 Å². The van der Waals surface area contributed by atoms with E-state index in [1.54, 1.807) is 42.8 Å². The standard InChI is InChI=1S/C22H20FN5O3S2/c1-13-19(21-27-28-22(31-21)20-17(23)8-10-32-20)26-18(12-25-13)14-4-6-15(7-5-14)33(29,30)16-3-2-9-24-11-16/h4-8,10,12,16,24H,2-3,9,11H2,1H3. The smallest absolute Gasteiger partial charge is 0.268 e. The SMILES string of the molecule is Cc1ncc(-c2ccc(S(=O)(=O)C3CCCNC3)cc2)nc1-c1nnc(-c2sccc2F)o1. The summed E-state index contributed by atoms with van der Waals surface area (Å²) in [4.78, 5) is 9.54. The average Bonchev–Trinajstić information content (AvgIpc) is 3.49. The lowest BCUT2D eigenvalue weighted by Crippen LogP contribution is -2.38. The third-order valence-electron chi connectivity index (χ3n) is 5.56. The molecule has 1 aliphatic rings. The molecule has 0 bridgehead atoms. The van der Waals surface area contributed by atoms with Crippen molar-refractivity contribution >= 4 is 21.2 Å². The van der Waals surface area contributed by atoms with Crippen LogP contribution in [0.4, 0.5) is 4.39 Å². The second-order valence-electron chi connectivity index (χ2n) is 7.74. The molecule has 11 heteroatoms. The zero-order chi connectivity index (χ0) is 23.0. The summed E-state index contributed by atoms with van der Waals surface area (Å²) in [6.45, 7) is 3.08. The van der Waals surface area contributed by atoms with Crippen LogP contribution in [0, 0.1) is 12.7 Å². The highest BCUT2D eigenvalue weighted by Gasteiger charge is 2.29. The minimum Gasteiger partial charge on any atom is -0.414 e. The number of halogens is 1. The molecule has 4 aromatic rings. The Kier molecular flexibility index (Phi) is 5.77. The van der Waals surface area contributed by atoms with Gasteiger partial charge in [-0.15, -0.1) is 21.5 Å². The van der Waals surface area contributed by atoms with Gasteiger partial charge in [0, 0.05) is 12.1 Å². The minimum atomic E-state index is -3.40. The molecule has 3 aromatic heterocycles. The van der Waals surface area contributed by atoms with E-state index in [1.165, 1.54) is 17.4 Å². The van der Waals surface area contributed by atoms with Gasteiger partial charge in [0.25, 0.3) is 11.8 Å². The van der Waals surface area contributed by atoms with Crippen molar-refractivity contribution in [2.75, 3.05) is 13.1 Å². The van der Waals surface area contributed by atoms with E-state index in [9.17, 15) is 12.8 Å². The number of hydrogen-bond donors (Lipinski definition) is 1. The fourth-order valence-electron chi connectivity index (χ4n) is 3.74. The van der Waals surface area contributed by atoms with Gasteiger partial charge in [0.05, 0.1) is 27.7 Å². The van der Waals surface area contributed by atoms with E-state index < -0.39 is 20.9 Å². The van der Waals surface area contributed by atoms with Crippen molar-refractivity contribution in [1.29, 1.82) is 0 Å². The number of rotatable bonds is 5. The number of hydrogen-bond acceptors (Lipinski definition) is 9. The second-order valence-corrected chi connectivity index (χ2v) is 10.9. The van der Waals surface area contributed by atoms with Gasteiger partial charge >= 0.3 is 0 Å². The monoisotopic (exact) mass is 485 g/mol. The molecule has 1 unspecified atom stereocenters. The van der Waals surface area contributed by atoms with Gasteiger partial charge in [0.1, 0.15) is 16.4 Å². The fraction of sp³-hybridized carbons (Fsp3) is 0.273. The molecule has 1 saturated heterocycles. The van der Waals surface area contributed by atoms with Crippen LogP contribution in [0.15, 0.2) is 51.2 Å². The molecule has 1 aromatic carbocycles. The number of sulfone groups is 1. The number of aromatic nitrogens is 4. The summed E-state index contributed by atoms with van der Waals surface area (Å²) in [5, 5.41) is 12.3. The summed E-state index contributed by atoms with van der Waals surface area (Å²) in [5.41, 5.74) is 2.19. The van der Waals surface area contributed by atoms with Crippen molar-refractivity contribution in [3.8, 4) is 33.6 Å². The van der Waals surface area contributed by atoms with Crippen molar-refractivity contribution in [2.24, 2.45) is 0 Å². The first-order valence-electron chi connectivity index (χ1n) is 10.4. The molecule has 33 heavy (non-hydrogen) atoms. The van der Waals surface area contributed by atoms with E-state index in [2.05, 4.69) is 25.5 Å². The summed E-state index contributed by atoms with van der Waals surface area (Å²) in [6.07, 6.45) is 3.11. The van der Waals surface area contributed by atoms with Crippen LogP contribution in [0.5, 0.6) is 0 Å². The number of aryl methyl sites for hydroxylation is 1. The summed E-state index contributed by atoms with van der Waals surface area (Å²) < 4.78 is 45.4. The quantitative estimate of drug-likeness (QED) is 0.453. The lowest BCUT2D eigenvalue weighted by Gasteiger charge is -2.22. The molecule has 5 rings (SSSR count). The largest absolute Gasteiger partial charge is 0.414 e. The zero-order valence-electron chi connectivity index (χ0n) is 17.7. The number of nitrogens with one attached hydrogen (secondary N) is 1. The number of benzene rings is 1. The van der Waals surface area contributed by atoms with Gasteiger partial charge in [-0.1, -0.05) is 12.1 Å². The maximum Gasteiger partial charge on any atom is 0.268 e. The Labute approximate surface area is 193 Å². The first-order chi connectivity index (χ1) is 15.9. The van der Waals surface area contributed by atoms with E-state index in [0.717, 1.165) is 13.0 Å². The van der Waals surface area contributed by atoms with Crippen LogP contribution in [0.3, 0.4) is 0 Å². The Morgan fingerprint density at radius 3 is 2.64 bits per heavy atom. The van der Waals surface area contributed by atoms with Gasteiger partial charge in [0.15, 0.2) is 9.84 Å². The Morgan fingerprint density at radius 1 is 1.15 bits per heavy atom. The maximum atomic E-state index is 13.9. The van der Waals surface area contributed by atoms with Gasteiger partial charge in [0.2, 0.25) is 0 Å². The molecular weight excluding hydrogens is 465 g/mol. The Bertz CT molecular complexity index is 1390. The predicted molar refractivity (Wildman–Crippen MR) is 122 cm³/mol. The molecule has 170 valence electrons. The molecule has 0 amide bonds. The Hall–Kier alpha value is -3.02. The van der Waals surface area contributed by atoms with Gasteiger partial charge in [-0.25, -0.2) is 17.8 Å². The van der Waals surface area contributed by atoms with Gasteiger partial charge < -0.3 is 9.73 Å². The molecule has 8 nitrogen and oxygen atoms in total. The normalized spacial score (nSPS) is 16.7. The van der Waals surface area contributed by atoms with Crippen molar-refractivity contribution in [3.05, 3.63) is 53.4 Å². The molecule has 0 spiro atoms. The average molecular weight is 486 g/mol. The topological polar surface area (TPSA) is 111 Å². The first-order valence-corrected chi connectivity index (χ1v) is 12.8. The van der Waals surface area contributed by atoms with Crippen molar-refractivity contribution in [2.45, 2.75) is 29.9 Å². The fourth-order valence-corrected chi connectivity index (χ4v) is 6.14. The van der Waals surface area contributed by atoms with E-state index in [0.29, 0.717) is 40.5 Å². The van der Waals surface area contributed by atoms with Gasteiger partial charge in [-0.3, -0.25) is 4.98 Å². The molecule has 4 heterocycles. The van der Waals surface area contributed by atoms with Crippen LogP contribution in [-0.4, -0.2) is 46.9 Å².